The first kappa shape index (κ1) is 12.6. The van der Waals surface area contributed by atoms with E-state index in [0.717, 1.165) is 6.42 Å². The van der Waals surface area contributed by atoms with E-state index >= 15 is 0 Å². The molecule has 3 nitrogen and oxygen atoms in total. The molecule has 1 unspecified atom stereocenters. The van der Waals surface area contributed by atoms with Crippen LogP contribution in [0.3, 0.4) is 0 Å². The van der Waals surface area contributed by atoms with Gasteiger partial charge in [-0.1, -0.05) is 19.1 Å². The summed E-state index contributed by atoms with van der Waals surface area (Å²) in [6.45, 7) is 3.45. The van der Waals surface area contributed by atoms with Crippen LogP contribution in [-0.2, 0) is 4.74 Å². The summed E-state index contributed by atoms with van der Waals surface area (Å²) >= 11 is 0. The Hall–Kier alpha value is -0.380. The lowest BCUT2D eigenvalue weighted by atomic mass is 10.3. The molecule has 1 atom stereocenters. The van der Waals surface area contributed by atoms with E-state index in [1.807, 2.05) is 25.1 Å². The van der Waals surface area contributed by atoms with Crippen molar-refractivity contribution in [1.82, 2.24) is 4.90 Å². The fourth-order valence-electron chi connectivity index (χ4n) is 0.872. The summed E-state index contributed by atoms with van der Waals surface area (Å²) < 4.78 is 5.36. The van der Waals surface area contributed by atoms with Crippen molar-refractivity contribution in [3.8, 4) is 0 Å². The number of likely N-dealkylation sites (N-methyl/N-ethyl adjacent to an activating group) is 1. The van der Waals surface area contributed by atoms with E-state index in [9.17, 15) is 0 Å². The largest absolute Gasteiger partial charge is 0.395 e. The Morgan fingerprint density at radius 3 is 2.54 bits per heavy atom. The summed E-state index contributed by atoms with van der Waals surface area (Å²) in [5.74, 6) is 0. The predicted molar refractivity (Wildman–Crippen MR) is 54.8 cm³/mol. The zero-order valence-electron chi connectivity index (χ0n) is 8.86. The minimum Gasteiger partial charge on any atom is -0.395 e. The summed E-state index contributed by atoms with van der Waals surface area (Å²) in [5, 5.41) is 8.96. The van der Waals surface area contributed by atoms with Crippen molar-refractivity contribution < 1.29 is 9.84 Å². The van der Waals surface area contributed by atoms with Gasteiger partial charge in [-0.25, -0.2) is 0 Å². The molecule has 0 aliphatic rings. The quantitative estimate of drug-likeness (QED) is 0.474. The van der Waals surface area contributed by atoms with Crippen LogP contribution < -0.4 is 0 Å². The second-order valence-corrected chi connectivity index (χ2v) is 3.22. The van der Waals surface area contributed by atoms with Crippen LogP contribution in [0.25, 0.3) is 0 Å². The second kappa shape index (κ2) is 8.23. The normalized spacial score (nSPS) is 14.2. The van der Waals surface area contributed by atoms with Crippen molar-refractivity contribution >= 4 is 0 Å². The molecule has 0 aliphatic heterocycles. The molecule has 0 heterocycles. The Morgan fingerprint density at radius 1 is 1.38 bits per heavy atom. The van der Waals surface area contributed by atoms with Gasteiger partial charge >= 0.3 is 0 Å². The topological polar surface area (TPSA) is 32.7 Å². The molecule has 0 aromatic rings. The Balaban J connectivity index is 3.44. The third kappa shape index (κ3) is 6.75. The number of aliphatic hydroxyl groups excluding tert-OH is 1. The molecule has 3 heteroatoms. The predicted octanol–water partition coefficient (Wildman–Crippen LogP) is 0.892. The van der Waals surface area contributed by atoms with E-state index in [1.54, 1.807) is 0 Å². The monoisotopic (exact) mass is 187 g/mol. The van der Waals surface area contributed by atoms with Crippen LogP contribution in [-0.4, -0.2) is 50.0 Å². The number of aliphatic hydroxyl groups is 1. The highest BCUT2D eigenvalue weighted by Gasteiger charge is 2.08. The first-order valence-corrected chi connectivity index (χ1v) is 4.72. The van der Waals surface area contributed by atoms with Crippen LogP contribution >= 0.6 is 0 Å². The van der Waals surface area contributed by atoms with E-state index in [0.29, 0.717) is 13.2 Å². The van der Waals surface area contributed by atoms with Crippen LogP contribution in [0.2, 0.25) is 0 Å². The standard InChI is InChI=1S/C10H21NO2/c1-4-5-6-7-13-9-10(8-12)11(2)3/h5-6,10,12H,4,7-9H2,1-3H3/b6-5-. The highest BCUT2D eigenvalue weighted by atomic mass is 16.5. The van der Waals surface area contributed by atoms with E-state index in [-0.39, 0.29) is 12.6 Å². The second-order valence-electron chi connectivity index (χ2n) is 3.22. The number of rotatable bonds is 7. The molecule has 0 saturated carbocycles. The van der Waals surface area contributed by atoms with Gasteiger partial charge in [-0.05, 0) is 20.5 Å². The molecular weight excluding hydrogens is 166 g/mol. The maximum atomic E-state index is 8.96. The third-order valence-corrected chi connectivity index (χ3v) is 1.87. The van der Waals surface area contributed by atoms with Crippen molar-refractivity contribution in [2.24, 2.45) is 0 Å². The van der Waals surface area contributed by atoms with E-state index in [4.69, 9.17) is 9.84 Å². The van der Waals surface area contributed by atoms with Crippen molar-refractivity contribution in [2.75, 3.05) is 33.9 Å². The lowest BCUT2D eigenvalue weighted by Gasteiger charge is -2.21. The minimum atomic E-state index is 0.107. The molecule has 0 spiro atoms. The van der Waals surface area contributed by atoms with Gasteiger partial charge in [0.2, 0.25) is 0 Å². The van der Waals surface area contributed by atoms with Gasteiger partial charge < -0.3 is 14.7 Å². The van der Waals surface area contributed by atoms with Gasteiger partial charge in [0.05, 0.1) is 25.9 Å². The zero-order valence-corrected chi connectivity index (χ0v) is 8.86. The molecule has 13 heavy (non-hydrogen) atoms. The molecule has 0 radical (unpaired) electrons. The van der Waals surface area contributed by atoms with Crippen molar-refractivity contribution in [3.05, 3.63) is 12.2 Å². The Bertz CT molecular complexity index is 135. The number of ether oxygens (including phenoxy) is 1. The highest BCUT2D eigenvalue weighted by molar-refractivity contribution is 4.79. The fraction of sp³-hybridized carbons (Fsp3) is 0.800. The lowest BCUT2D eigenvalue weighted by molar-refractivity contribution is 0.0643. The van der Waals surface area contributed by atoms with Crippen LogP contribution in [0, 0.1) is 0 Å². The van der Waals surface area contributed by atoms with Crippen LogP contribution in [0.15, 0.2) is 12.2 Å². The third-order valence-electron chi connectivity index (χ3n) is 1.87. The number of allylic oxidation sites excluding steroid dienone is 1. The van der Waals surface area contributed by atoms with Gasteiger partial charge in [0.1, 0.15) is 0 Å². The average molecular weight is 187 g/mol. The molecule has 78 valence electrons. The Kier molecular flexibility index (Phi) is 7.99. The summed E-state index contributed by atoms with van der Waals surface area (Å²) in [7, 11) is 3.87. The number of hydrogen-bond donors (Lipinski definition) is 1. The first-order chi connectivity index (χ1) is 6.22. The number of hydrogen-bond acceptors (Lipinski definition) is 3. The molecule has 0 rings (SSSR count). The molecule has 0 aliphatic carbocycles. The fourth-order valence-corrected chi connectivity index (χ4v) is 0.872. The van der Waals surface area contributed by atoms with Gasteiger partial charge in [0, 0.05) is 0 Å². The minimum absolute atomic E-state index is 0.107. The first-order valence-electron chi connectivity index (χ1n) is 4.72. The molecule has 0 saturated heterocycles. The summed E-state index contributed by atoms with van der Waals surface area (Å²) in [6.07, 6.45) is 5.12. The van der Waals surface area contributed by atoms with Gasteiger partial charge in [0.15, 0.2) is 0 Å². The summed E-state index contributed by atoms with van der Waals surface area (Å²) in [5.41, 5.74) is 0. The van der Waals surface area contributed by atoms with Gasteiger partial charge in [-0.3, -0.25) is 0 Å². The molecule has 0 amide bonds. The Morgan fingerprint density at radius 2 is 2.08 bits per heavy atom. The molecule has 0 aromatic heterocycles. The molecule has 0 aromatic carbocycles. The molecule has 0 bridgehead atoms. The SMILES string of the molecule is CC/C=C\COCC(CO)N(C)C. The van der Waals surface area contributed by atoms with Crippen molar-refractivity contribution in [2.45, 2.75) is 19.4 Å². The van der Waals surface area contributed by atoms with Gasteiger partial charge in [0.25, 0.3) is 0 Å². The van der Waals surface area contributed by atoms with Crippen LogP contribution in [0.4, 0.5) is 0 Å². The maximum Gasteiger partial charge on any atom is 0.0648 e. The average Bonchev–Trinajstić information content (AvgIpc) is 2.10. The zero-order chi connectivity index (χ0) is 10.1. The van der Waals surface area contributed by atoms with Crippen molar-refractivity contribution in [1.29, 1.82) is 0 Å². The summed E-state index contributed by atoms with van der Waals surface area (Å²) in [6, 6.07) is 0.107. The molecular formula is C10H21NO2. The smallest absolute Gasteiger partial charge is 0.0648 e. The lowest BCUT2D eigenvalue weighted by Crippen LogP contribution is -2.35. The van der Waals surface area contributed by atoms with Gasteiger partial charge in [-0.15, -0.1) is 0 Å². The van der Waals surface area contributed by atoms with Crippen molar-refractivity contribution in [3.63, 3.8) is 0 Å². The van der Waals surface area contributed by atoms with E-state index < -0.39 is 0 Å². The van der Waals surface area contributed by atoms with E-state index in [1.165, 1.54) is 0 Å². The van der Waals surface area contributed by atoms with Gasteiger partial charge in [-0.2, -0.15) is 0 Å². The Labute approximate surface area is 81.0 Å². The number of nitrogens with zero attached hydrogens (tertiary/aromatic N) is 1. The maximum absolute atomic E-state index is 8.96. The van der Waals surface area contributed by atoms with Crippen LogP contribution in [0.5, 0.6) is 0 Å². The highest BCUT2D eigenvalue weighted by Crippen LogP contribution is 1.93. The molecule has 1 N–H and O–H groups in total. The van der Waals surface area contributed by atoms with Crippen LogP contribution in [0.1, 0.15) is 13.3 Å². The summed E-state index contributed by atoms with van der Waals surface area (Å²) in [4.78, 5) is 1.96. The van der Waals surface area contributed by atoms with E-state index in [2.05, 4.69) is 13.0 Å². The molecule has 0 fully saturated rings.